The molecule has 0 saturated carbocycles. The largest absolute Gasteiger partial charge is 0.310 e. The lowest BCUT2D eigenvalue weighted by atomic mass is 10.1. The van der Waals surface area contributed by atoms with Crippen LogP contribution in [-0.4, -0.2) is 11.0 Å². The molecule has 1 unspecified atom stereocenters. The summed E-state index contributed by atoms with van der Waals surface area (Å²) >= 11 is 0. The molecule has 0 aliphatic rings. The van der Waals surface area contributed by atoms with Crippen molar-refractivity contribution in [2.75, 3.05) is 0 Å². The van der Waals surface area contributed by atoms with Crippen LogP contribution >= 0.6 is 0 Å². The predicted molar refractivity (Wildman–Crippen MR) is 117 cm³/mol. The molecule has 0 spiro atoms. The number of rotatable bonds is 8. The molecule has 0 saturated heterocycles. The maximum absolute atomic E-state index is 4.56. The van der Waals surface area contributed by atoms with Crippen molar-refractivity contribution in [3.05, 3.63) is 109 Å². The average molecular weight is 354 g/mol. The van der Waals surface area contributed by atoms with Crippen LogP contribution in [-0.2, 0) is 13.0 Å². The summed E-state index contributed by atoms with van der Waals surface area (Å²) in [6.07, 6.45) is 8.37. The van der Waals surface area contributed by atoms with E-state index >= 15 is 0 Å². The highest BCUT2D eigenvalue weighted by Gasteiger charge is 2.06. The third kappa shape index (κ3) is 5.02. The van der Waals surface area contributed by atoms with Gasteiger partial charge in [-0.1, -0.05) is 73.9 Å². The lowest BCUT2D eigenvalue weighted by Crippen LogP contribution is -2.27. The van der Waals surface area contributed by atoms with Crippen molar-refractivity contribution in [1.82, 2.24) is 10.3 Å². The molecule has 1 heterocycles. The highest BCUT2D eigenvalue weighted by molar-refractivity contribution is 5.83. The summed E-state index contributed by atoms with van der Waals surface area (Å²) < 4.78 is 0. The van der Waals surface area contributed by atoms with Crippen LogP contribution in [0, 0.1) is 0 Å². The van der Waals surface area contributed by atoms with Gasteiger partial charge in [-0.25, -0.2) is 0 Å². The van der Waals surface area contributed by atoms with Gasteiger partial charge in [-0.2, -0.15) is 0 Å². The van der Waals surface area contributed by atoms with Crippen molar-refractivity contribution in [3.8, 4) is 0 Å². The third-order valence-corrected chi connectivity index (χ3v) is 4.65. The van der Waals surface area contributed by atoms with Crippen molar-refractivity contribution in [2.24, 2.45) is 0 Å². The first-order valence-electron chi connectivity index (χ1n) is 9.31. The standard InChI is InChI=1S/C25H26N2/c1-4-8-22(5-2)25-14-12-20(18-27-25)15-19(3)26-17-21-11-13-23-9-6-7-10-24(23)16-21/h4-14,16,18-19,26H,1-2,15,17H2,3H3/b22-8+. The Morgan fingerprint density at radius 2 is 1.81 bits per heavy atom. The Kier molecular flexibility index (Phi) is 6.35. The average Bonchev–Trinajstić information content (AvgIpc) is 2.71. The Bertz CT molecular complexity index is 951. The van der Waals surface area contributed by atoms with Crippen LogP contribution in [0.2, 0.25) is 0 Å². The molecular formula is C25H26N2. The smallest absolute Gasteiger partial charge is 0.0701 e. The van der Waals surface area contributed by atoms with Crippen LogP contribution < -0.4 is 5.32 Å². The van der Waals surface area contributed by atoms with E-state index in [0.717, 1.165) is 24.2 Å². The molecule has 0 aliphatic carbocycles. The molecule has 2 heteroatoms. The maximum atomic E-state index is 4.56. The first-order valence-corrected chi connectivity index (χ1v) is 9.31. The second-order valence-electron chi connectivity index (χ2n) is 6.78. The van der Waals surface area contributed by atoms with Crippen LogP contribution in [0.4, 0.5) is 0 Å². The molecule has 0 aliphatic heterocycles. The summed E-state index contributed by atoms with van der Waals surface area (Å²) in [7, 11) is 0. The lowest BCUT2D eigenvalue weighted by molar-refractivity contribution is 0.545. The SMILES string of the molecule is C=C/C=C(\C=C)c1ccc(CC(C)NCc2ccc3ccccc3c2)cn1. The van der Waals surface area contributed by atoms with Gasteiger partial charge < -0.3 is 5.32 Å². The molecule has 0 bridgehead atoms. The lowest BCUT2D eigenvalue weighted by Gasteiger charge is -2.14. The highest BCUT2D eigenvalue weighted by atomic mass is 14.9. The Labute approximate surface area is 162 Å². The van der Waals surface area contributed by atoms with Gasteiger partial charge in [0.05, 0.1) is 5.69 Å². The molecule has 27 heavy (non-hydrogen) atoms. The Balaban J connectivity index is 1.58. The molecule has 0 amide bonds. The van der Waals surface area contributed by atoms with Crippen molar-refractivity contribution < 1.29 is 0 Å². The van der Waals surface area contributed by atoms with Gasteiger partial charge in [0.25, 0.3) is 0 Å². The van der Waals surface area contributed by atoms with Gasteiger partial charge in [0, 0.05) is 18.8 Å². The number of pyridine rings is 1. The van der Waals surface area contributed by atoms with E-state index in [0.29, 0.717) is 6.04 Å². The topological polar surface area (TPSA) is 24.9 Å². The van der Waals surface area contributed by atoms with Gasteiger partial charge in [0.2, 0.25) is 0 Å². The van der Waals surface area contributed by atoms with Crippen molar-refractivity contribution >= 4 is 16.3 Å². The number of benzene rings is 2. The first kappa shape index (κ1) is 18.8. The third-order valence-electron chi connectivity index (χ3n) is 4.65. The van der Waals surface area contributed by atoms with Crippen LogP contribution in [0.1, 0.15) is 23.7 Å². The number of nitrogens with zero attached hydrogens (tertiary/aromatic N) is 1. The minimum Gasteiger partial charge on any atom is -0.310 e. The van der Waals surface area contributed by atoms with Gasteiger partial charge in [0.15, 0.2) is 0 Å². The molecule has 1 N–H and O–H groups in total. The summed E-state index contributed by atoms with van der Waals surface area (Å²) in [5.74, 6) is 0. The van der Waals surface area contributed by atoms with Gasteiger partial charge in [0.1, 0.15) is 0 Å². The first-order chi connectivity index (χ1) is 13.2. The number of aromatic nitrogens is 1. The zero-order valence-corrected chi connectivity index (χ0v) is 15.9. The molecule has 1 aromatic heterocycles. The summed E-state index contributed by atoms with van der Waals surface area (Å²) in [5.41, 5.74) is 4.43. The van der Waals surface area contributed by atoms with Gasteiger partial charge in [-0.05, 0) is 52.9 Å². The highest BCUT2D eigenvalue weighted by Crippen LogP contribution is 2.16. The monoisotopic (exact) mass is 354 g/mol. The van der Waals surface area contributed by atoms with E-state index in [1.165, 1.54) is 21.9 Å². The van der Waals surface area contributed by atoms with Crippen LogP contribution in [0.3, 0.4) is 0 Å². The quantitative estimate of drug-likeness (QED) is 0.524. The van der Waals surface area contributed by atoms with E-state index in [2.05, 4.69) is 78.9 Å². The fourth-order valence-corrected chi connectivity index (χ4v) is 3.17. The molecule has 2 aromatic carbocycles. The maximum Gasteiger partial charge on any atom is 0.0701 e. The second kappa shape index (κ2) is 9.11. The van der Waals surface area contributed by atoms with E-state index in [4.69, 9.17) is 0 Å². The molecule has 1 atom stereocenters. The van der Waals surface area contributed by atoms with Crippen LogP contribution in [0.15, 0.2) is 92.2 Å². The van der Waals surface area contributed by atoms with Gasteiger partial charge >= 0.3 is 0 Å². The van der Waals surface area contributed by atoms with E-state index < -0.39 is 0 Å². The van der Waals surface area contributed by atoms with Crippen LogP contribution in [0.5, 0.6) is 0 Å². The minimum absolute atomic E-state index is 0.367. The number of hydrogen-bond acceptors (Lipinski definition) is 2. The zero-order chi connectivity index (χ0) is 19.1. The molecule has 0 fully saturated rings. The fourth-order valence-electron chi connectivity index (χ4n) is 3.17. The summed E-state index contributed by atoms with van der Waals surface area (Å²) in [6, 6.07) is 19.7. The summed E-state index contributed by atoms with van der Waals surface area (Å²) in [4.78, 5) is 4.56. The molecular weight excluding hydrogens is 328 g/mol. The predicted octanol–water partition coefficient (Wildman–Crippen LogP) is 5.71. The molecule has 3 rings (SSSR count). The zero-order valence-electron chi connectivity index (χ0n) is 15.9. The summed E-state index contributed by atoms with van der Waals surface area (Å²) in [6.45, 7) is 10.6. The fraction of sp³-hybridized carbons (Fsp3) is 0.160. The summed E-state index contributed by atoms with van der Waals surface area (Å²) in [5, 5.41) is 6.18. The molecule has 136 valence electrons. The Morgan fingerprint density at radius 1 is 1.04 bits per heavy atom. The Hall–Kier alpha value is -2.97. The van der Waals surface area contributed by atoms with Crippen molar-refractivity contribution in [2.45, 2.75) is 25.9 Å². The van der Waals surface area contributed by atoms with E-state index in [9.17, 15) is 0 Å². The molecule has 3 aromatic rings. The number of allylic oxidation sites excluding steroid dienone is 4. The minimum atomic E-state index is 0.367. The van der Waals surface area contributed by atoms with E-state index in [1.807, 2.05) is 18.3 Å². The molecule has 0 radical (unpaired) electrons. The normalized spacial score (nSPS) is 12.7. The van der Waals surface area contributed by atoms with E-state index in [-0.39, 0.29) is 0 Å². The number of nitrogens with one attached hydrogen (secondary N) is 1. The Morgan fingerprint density at radius 3 is 2.52 bits per heavy atom. The van der Waals surface area contributed by atoms with E-state index in [1.54, 1.807) is 12.2 Å². The number of hydrogen-bond donors (Lipinski definition) is 1. The number of fused-ring (bicyclic) bond motifs is 1. The van der Waals surface area contributed by atoms with Crippen molar-refractivity contribution in [3.63, 3.8) is 0 Å². The second-order valence-corrected chi connectivity index (χ2v) is 6.78. The van der Waals surface area contributed by atoms with Crippen molar-refractivity contribution in [1.29, 1.82) is 0 Å². The van der Waals surface area contributed by atoms with Crippen LogP contribution in [0.25, 0.3) is 16.3 Å². The van der Waals surface area contributed by atoms with Gasteiger partial charge in [-0.15, -0.1) is 0 Å². The van der Waals surface area contributed by atoms with Gasteiger partial charge in [-0.3, -0.25) is 4.98 Å². The molecule has 2 nitrogen and oxygen atoms in total.